The Morgan fingerprint density at radius 3 is 2.65 bits per heavy atom. The maximum Gasteiger partial charge on any atom is 0.165 e. The van der Waals surface area contributed by atoms with Gasteiger partial charge in [-0.3, -0.25) is 0 Å². The van der Waals surface area contributed by atoms with Crippen molar-refractivity contribution in [1.29, 1.82) is 0 Å². The summed E-state index contributed by atoms with van der Waals surface area (Å²) in [5.74, 6) is 2.00. The molecule has 0 fully saturated rings. The molecule has 0 N–H and O–H groups in total. The molecule has 0 radical (unpaired) electrons. The van der Waals surface area contributed by atoms with E-state index in [4.69, 9.17) is 11.6 Å². The lowest BCUT2D eigenvalue weighted by molar-refractivity contribution is 0.731. The summed E-state index contributed by atoms with van der Waals surface area (Å²) in [5.41, 5.74) is 1.01. The number of halogens is 3. The van der Waals surface area contributed by atoms with Gasteiger partial charge in [0, 0.05) is 21.1 Å². The Morgan fingerprint density at radius 2 is 2.06 bits per heavy atom. The van der Waals surface area contributed by atoms with Gasteiger partial charge >= 0.3 is 0 Å². The van der Waals surface area contributed by atoms with E-state index < -0.39 is 0 Å². The van der Waals surface area contributed by atoms with Crippen LogP contribution in [0.3, 0.4) is 0 Å². The van der Waals surface area contributed by atoms with Crippen LogP contribution in [0.4, 0.5) is 0 Å². The molecule has 0 saturated carbocycles. The Hall–Kier alpha value is -0.390. The van der Waals surface area contributed by atoms with Gasteiger partial charge in [0.05, 0.1) is 5.88 Å². The van der Waals surface area contributed by atoms with Crippen molar-refractivity contribution < 1.29 is 0 Å². The number of benzene rings is 1. The van der Waals surface area contributed by atoms with Gasteiger partial charge in [0.2, 0.25) is 0 Å². The van der Waals surface area contributed by atoms with Crippen LogP contribution in [-0.2, 0) is 12.4 Å². The second kappa shape index (κ2) is 5.50. The van der Waals surface area contributed by atoms with Crippen molar-refractivity contribution in [1.82, 2.24) is 14.8 Å². The van der Waals surface area contributed by atoms with Crippen LogP contribution in [-0.4, -0.2) is 14.8 Å². The summed E-state index contributed by atoms with van der Waals surface area (Å²) in [6.07, 6.45) is 0. The first kappa shape index (κ1) is 13.1. The first-order chi connectivity index (χ1) is 8.17. The van der Waals surface area contributed by atoms with Crippen molar-refractivity contribution in [2.75, 3.05) is 0 Å². The molecule has 3 nitrogen and oxygen atoms in total. The van der Waals surface area contributed by atoms with Gasteiger partial charge in [0.1, 0.15) is 5.82 Å². The molecule has 0 aliphatic rings. The van der Waals surface area contributed by atoms with Crippen molar-refractivity contribution in [3.63, 3.8) is 0 Å². The maximum atomic E-state index is 5.83. The van der Waals surface area contributed by atoms with E-state index in [0.717, 1.165) is 32.7 Å². The number of hydrogen-bond acceptors (Lipinski definition) is 2. The van der Waals surface area contributed by atoms with Crippen molar-refractivity contribution in [3.8, 4) is 11.4 Å². The van der Waals surface area contributed by atoms with Gasteiger partial charge < -0.3 is 4.57 Å². The zero-order valence-corrected chi connectivity index (χ0v) is 13.0. The van der Waals surface area contributed by atoms with Gasteiger partial charge in [0.15, 0.2) is 5.82 Å². The molecule has 1 aromatic carbocycles. The third-order valence-corrected chi connectivity index (χ3v) is 3.82. The topological polar surface area (TPSA) is 30.7 Å². The Labute approximate surface area is 121 Å². The van der Waals surface area contributed by atoms with E-state index >= 15 is 0 Å². The molecule has 1 heterocycles. The Kier molecular flexibility index (Phi) is 4.22. The Morgan fingerprint density at radius 1 is 1.29 bits per heavy atom. The first-order valence-electron chi connectivity index (χ1n) is 5.10. The molecule has 0 bridgehead atoms. The lowest BCUT2D eigenvalue weighted by Crippen LogP contribution is -2.02. The lowest BCUT2D eigenvalue weighted by Gasteiger charge is -2.07. The highest BCUT2D eigenvalue weighted by Gasteiger charge is 2.14. The summed E-state index contributed by atoms with van der Waals surface area (Å²) < 4.78 is 4.02. The molecular weight excluding hydrogens is 369 g/mol. The highest BCUT2D eigenvalue weighted by molar-refractivity contribution is 9.11. The van der Waals surface area contributed by atoms with E-state index in [1.807, 2.05) is 22.8 Å². The number of hydrogen-bond donors (Lipinski definition) is 0. The molecule has 17 heavy (non-hydrogen) atoms. The zero-order chi connectivity index (χ0) is 12.4. The largest absolute Gasteiger partial charge is 0.310 e. The summed E-state index contributed by atoms with van der Waals surface area (Å²) in [6, 6.07) is 5.97. The molecule has 6 heteroatoms. The average molecular weight is 379 g/mol. The molecule has 0 amide bonds. The summed E-state index contributed by atoms with van der Waals surface area (Å²) in [4.78, 5) is 0. The molecule has 0 saturated heterocycles. The fourth-order valence-electron chi connectivity index (χ4n) is 1.64. The Bertz CT molecular complexity index is 540. The summed E-state index contributed by atoms with van der Waals surface area (Å²) in [5, 5.41) is 8.30. The standard InChI is InChI=1S/C11H10Br2ClN3/c1-2-17-10(6-14)15-16-11(17)8-4-3-7(12)5-9(8)13/h3-5H,2,6H2,1H3. The van der Waals surface area contributed by atoms with Crippen molar-refractivity contribution in [3.05, 3.63) is 33.0 Å². The van der Waals surface area contributed by atoms with Gasteiger partial charge in [-0.1, -0.05) is 15.9 Å². The van der Waals surface area contributed by atoms with E-state index in [9.17, 15) is 0 Å². The van der Waals surface area contributed by atoms with Gasteiger partial charge in [-0.25, -0.2) is 0 Å². The Balaban J connectivity index is 2.56. The minimum absolute atomic E-state index is 0.370. The van der Waals surface area contributed by atoms with Crippen LogP contribution in [0.1, 0.15) is 12.7 Å². The monoisotopic (exact) mass is 377 g/mol. The number of rotatable bonds is 3. The van der Waals surface area contributed by atoms with E-state index in [1.54, 1.807) is 0 Å². The van der Waals surface area contributed by atoms with Gasteiger partial charge in [0.25, 0.3) is 0 Å². The number of alkyl halides is 1. The quantitative estimate of drug-likeness (QED) is 0.748. The smallest absolute Gasteiger partial charge is 0.165 e. The second-order valence-electron chi connectivity index (χ2n) is 3.44. The molecule has 0 aliphatic heterocycles. The summed E-state index contributed by atoms with van der Waals surface area (Å²) >= 11 is 12.8. The number of aromatic nitrogens is 3. The number of nitrogens with zero attached hydrogens (tertiary/aromatic N) is 3. The van der Waals surface area contributed by atoms with Gasteiger partial charge in [-0.05, 0) is 41.1 Å². The van der Waals surface area contributed by atoms with Crippen LogP contribution in [0.15, 0.2) is 27.1 Å². The highest BCUT2D eigenvalue weighted by Crippen LogP contribution is 2.30. The maximum absolute atomic E-state index is 5.83. The molecule has 0 aliphatic carbocycles. The van der Waals surface area contributed by atoms with Gasteiger partial charge in [-0.15, -0.1) is 21.8 Å². The van der Waals surface area contributed by atoms with Crippen LogP contribution in [0, 0.1) is 0 Å². The first-order valence-corrected chi connectivity index (χ1v) is 7.23. The summed E-state index contributed by atoms with van der Waals surface area (Å²) in [6.45, 7) is 2.85. The van der Waals surface area contributed by atoms with Crippen molar-refractivity contribution in [2.24, 2.45) is 0 Å². The second-order valence-corrected chi connectivity index (χ2v) is 5.48. The molecule has 2 rings (SSSR count). The predicted octanol–water partition coefficient (Wildman–Crippen LogP) is 4.23. The SMILES string of the molecule is CCn1c(CCl)nnc1-c1ccc(Br)cc1Br. The van der Waals surface area contributed by atoms with Crippen LogP contribution >= 0.6 is 43.5 Å². The molecule has 0 unspecified atom stereocenters. The van der Waals surface area contributed by atoms with E-state index in [1.165, 1.54) is 0 Å². The third-order valence-electron chi connectivity index (χ3n) is 2.44. The zero-order valence-electron chi connectivity index (χ0n) is 9.12. The van der Waals surface area contributed by atoms with Crippen molar-refractivity contribution >= 4 is 43.5 Å². The normalized spacial score (nSPS) is 10.8. The minimum Gasteiger partial charge on any atom is -0.310 e. The lowest BCUT2D eigenvalue weighted by atomic mass is 10.2. The van der Waals surface area contributed by atoms with Crippen LogP contribution in [0.25, 0.3) is 11.4 Å². The minimum atomic E-state index is 0.370. The van der Waals surface area contributed by atoms with Crippen molar-refractivity contribution in [2.45, 2.75) is 19.3 Å². The highest BCUT2D eigenvalue weighted by atomic mass is 79.9. The molecular formula is C11H10Br2ClN3. The van der Waals surface area contributed by atoms with E-state index in [-0.39, 0.29) is 0 Å². The predicted molar refractivity (Wildman–Crippen MR) is 76.1 cm³/mol. The average Bonchev–Trinajstić information content (AvgIpc) is 2.71. The fourth-order valence-corrected chi connectivity index (χ4v) is 3.06. The van der Waals surface area contributed by atoms with E-state index in [2.05, 4.69) is 49.0 Å². The van der Waals surface area contributed by atoms with Crippen LogP contribution in [0.5, 0.6) is 0 Å². The molecule has 1 aromatic heterocycles. The van der Waals surface area contributed by atoms with Gasteiger partial charge in [-0.2, -0.15) is 0 Å². The summed E-state index contributed by atoms with van der Waals surface area (Å²) in [7, 11) is 0. The molecule has 2 aromatic rings. The molecule has 0 atom stereocenters. The fraction of sp³-hybridized carbons (Fsp3) is 0.273. The van der Waals surface area contributed by atoms with E-state index in [0.29, 0.717) is 5.88 Å². The van der Waals surface area contributed by atoms with Crippen LogP contribution in [0.2, 0.25) is 0 Å². The molecule has 90 valence electrons. The van der Waals surface area contributed by atoms with Crippen LogP contribution < -0.4 is 0 Å². The third kappa shape index (κ3) is 2.56. The molecule has 0 spiro atoms.